The molecule has 1 aliphatic rings. The van der Waals surface area contributed by atoms with Crippen LogP contribution in [0.15, 0.2) is 16.9 Å². The van der Waals surface area contributed by atoms with Crippen molar-refractivity contribution in [2.75, 3.05) is 0 Å². The first-order valence-electron chi connectivity index (χ1n) is 3.33. The quantitative estimate of drug-likeness (QED) is 0.521. The first-order chi connectivity index (χ1) is 4.31. The van der Waals surface area contributed by atoms with Gasteiger partial charge in [-0.15, -0.1) is 4.91 Å². The van der Waals surface area contributed by atoms with Crippen LogP contribution in [0.3, 0.4) is 0 Å². The second kappa shape index (κ2) is 2.29. The Labute approximate surface area is 54.9 Å². The largest absolute Gasteiger partial charge is 0.145 e. The number of hydrogen-bond acceptors (Lipinski definition) is 2. The van der Waals surface area contributed by atoms with Gasteiger partial charge in [0.05, 0.1) is 6.20 Å². The van der Waals surface area contributed by atoms with E-state index in [0.29, 0.717) is 11.8 Å². The van der Waals surface area contributed by atoms with Crippen LogP contribution in [0.5, 0.6) is 0 Å². The molecular weight excluding hydrogens is 114 g/mol. The van der Waals surface area contributed by atoms with E-state index < -0.39 is 0 Å². The molecule has 0 amide bonds. The number of rotatable bonds is 2. The van der Waals surface area contributed by atoms with Gasteiger partial charge in [0.15, 0.2) is 0 Å². The number of allylic oxidation sites excluding steroid dienone is 1. The summed E-state index contributed by atoms with van der Waals surface area (Å²) in [6.45, 7) is 4.26. The van der Waals surface area contributed by atoms with E-state index in [1.807, 2.05) is 0 Å². The number of nitroso groups, excluding NO2 is 1. The highest BCUT2D eigenvalue weighted by Gasteiger charge is 2.38. The van der Waals surface area contributed by atoms with Crippen LogP contribution in [0.25, 0.3) is 0 Å². The average Bonchev–Trinajstić information content (AvgIpc) is 2.44. The van der Waals surface area contributed by atoms with Crippen molar-refractivity contribution in [2.45, 2.75) is 20.3 Å². The predicted octanol–water partition coefficient (Wildman–Crippen LogP) is 2.31. The Morgan fingerprint density at radius 3 is 2.78 bits per heavy atom. The van der Waals surface area contributed by atoms with Crippen molar-refractivity contribution in [3.05, 3.63) is 16.7 Å². The fourth-order valence-corrected chi connectivity index (χ4v) is 1.36. The van der Waals surface area contributed by atoms with Crippen molar-refractivity contribution in [2.24, 2.45) is 17.0 Å². The molecule has 1 rings (SSSR count). The molecule has 50 valence electrons. The summed E-state index contributed by atoms with van der Waals surface area (Å²) in [6, 6.07) is 0. The van der Waals surface area contributed by atoms with Crippen molar-refractivity contribution in [1.29, 1.82) is 0 Å². The van der Waals surface area contributed by atoms with Gasteiger partial charge in [-0.05, 0) is 29.0 Å². The highest BCUT2D eigenvalue weighted by molar-refractivity contribution is 5.27. The number of hydrogen-bond donors (Lipinski definition) is 0. The second-order valence-electron chi connectivity index (χ2n) is 2.54. The highest BCUT2D eigenvalue weighted by Crippen LogP contribution is 2.47. The normalized spacial score (nSPS) is 36.9. The lowest BCUT2D eigenvalue weighted by Crippen LogP contribution is -1.68. The lowest BCUT2D eigenvalue weighted by molar-refractivity contribution is 0.727. The lowest BCUT2D eigenvalue weighted by Gasteiger charge is -1.78. The van der Waals surface area contributed by atoms with E-state index in [2.05, 4.69) is 19.0 Å². The third-order valence-electron chi connectivity index (χ3n) is 2.09. The van der Waals surface area contributed by atoms with E-state index in [4.69, 9.17) is 0 Å². The summed E-state index contributed by atoms with van der Waals surface area (Å²) < 4.78 is 0. The van der Waals surface area contributed by atoms with Crippen LogP contribution >= 0.6 is 0 Å². The maximum absolute atomic E-state index is 9.74. The molecule has 9 heavy (non-hydrogen) atoms. The van der Waals surface area contributed by atoms with E-state index in [-0.39, 0.29) is 0 Å². The molecule has 0 aromatic heterocycles. The topological polar surface area (TPSA) is 29.4 Å². The molecular formula is C7H11NO. The van der Waals surface area contributed by atoms with E-state index in [1.165, 1.54) is 11.8 Å². The molecule has 1 saturated carbocycles. The van der Waals surface area contributed by atoms with Gasteiger partial charge >= 0.3 is 0 Å². The van der Waals surface area contributed by atoms with Crippen molar-refractivity contribution < 1.29 is 0 Å². The first-order valence-corrected chi connectivity index (χ1v) is 3.33. The molecule has 1 aliphatic carbocycles. The Balaban J connectivity index is 2.50. The summed E-state index contributed by atoms with van der Waals surface area (Å²) in [7, 11) is 0. The first kappa shape index (κ1) is 6.46. The molecule has 0 bridgehead atoms. The van der Waals surface area contributed by atoms with E-state index in [9.17, 15) is 4.91 Å². The lowest BCUT2D eigenvalue weighted by atomic mass is 10.3. The average molecular weight is 125 g/mol. The van der Waals surface area contributed by atoms with Gasteiger partial charge in [0, 0.05) is 0 Å². The van der Waals surface area contributed by atoms with Crippen LogP contribution in [-0.4, -0.2) is 0 Å². The van der Waals surface area contributed by atoms with Crippen molar-refractivity contribution in [3.8, 4) is 0 Å². The minimum atomic E-state index is 0.618. The van der Waals surface area contributed by atoms with Crippen LogP contribution in [0.4, 0.5) is 0 Å². The summed E-state index contributed by atoms with van der Waals surface area (Å²) in [4.78, 5) is 9.74. The Morgan fingerprint density at radius 2 is 2.44 bits per heavy atom. The Bertz CT molecular complexity index is 151. The molecule has 0 N–H and O–H groups in total. The Hall–Kier alpha value is -0.660. The minimum absolute atomic E-state index is 0.618. The molecule has 0 saturated heterocycles. The second-order valence-corrected chi connectivity index (χ2v) is 2.54. The maximum atomic E-state index is 9.74. The van der Waals surface area contributed by atoms with E-state index in [1.54, 1.807) is 0 Å². The molecule has 0 aromatic rings. The van der Waals surface area contributed by atoms with Gasteiger partial charge in [0.2, 0.25) is 0 Å². The van der Waals surface area contributed by atoms with Gasteiger partial charge in [-0.1, -0.05) is 13.8 Å². The zero-order valence-electron chi connectivity index (χ0n) is 5.79. The van der Waals surface area contributed by atoms with Gasteiger partial charge in [0.25, 0.3) is 0 Å². The molecule has 0 radical (unpaired) electrons. The third kappa shape index (κ3) is 1.02. The summed E-state index contributed by atoms with van der Waals surface area (Å²) in [5, 5.41) is 2.73. The van der Waals surface area contributed by atoms with Crippen LogP contribution in [0.2, 0.25) is 0 Å². The van der Waals surface area contributed by atoms with Gasteiger partial charge in [0.1, 0.15) is 0 Å². The van der Waals surface area contributed by atoms with Gasteiger partial charge in [-0.2, -0.15) is 0 Å². The van der Waals surface area contributed by atoms with Crippen molar-refractivity contribution in [1.82, 2.24) is 0 Å². The highest BCUT2D eigenvalue weighted by atomic mass is 16.2. The zero-order valence-corrected chi connectivity index (χ0v) is 5.79. The Morgan fingerprint density at radius 1 is 1.78 bits per heavy atom. The molecule has 2 nitrogen and oxygen atoms in total. The fourth-order valence-electron chi connectivity index (χ4n) is 1.36. The monoisotopic (exact) mass is 125 g/mol. The zero-order chi connectivity index (χ0) is 6.85. The van der Waals surface area contributed by atoms with Gasteiger partial charge in [-0.3, -0.25) is 0 Å². The summed E-state index contributed by atoms with van der Waals surface area (Å²) in [5.41, 5.74) is 1.23. The smallest absolute Gasteiger partial charge is 0.0712 e. The van der Waals surface area contributed by atoms with Crippen LogP contribution in [0.1, 0.15) is 20.3 Å². The van der Waals surface area contributed by atoms with Crippen molar-refractivity contribution in [3.63, 3.8) is 0 Å². The summed E-state index contributed by atoms with van der Waals surface area (Å²) >= 11 is 0. The molecule has 0 aromatic carbocycles. The molecule has 0 spiro atoms. The van der Waals surface area contributed by atoms with E-state index >= 15 is 0 Å². The van der Waals surface area contributed by atoms with Gasteiger partial charge < -0.3 is 0 Å². The summed E-state index contributed by atoms with van der Waals surface area (Å²) in [5.74, 6) is 1.27. The SMILES string of the molecule is CC[C@H]1/C(=C\N=O)[C@H]1C. The third-order valence-corrected chi connectivity index (χ3v) is 2.09. The molecule has 2 atom stereocenters. The van der Waals surface area contributed by atoms with Crippen LogP contribution in [0, 0.1) is 16.7 Å². The van der Waals surface area contributed by atoms with Crippen LogP contribution < -0.4 is 0 Å². The molecule has 2 heteroatoms. The standard InChI is InChI=1S/C7H11NO/c1-3-6-5(2)7(6)4-8-9/h4-6H,3H2,1-2H3/b7-4-/t5-,6+/m0/s1. The van der Waals surface area contributed by atoms with Gasteiger partial charge in [-0.25, -0.2) is 0 Å². The maximum Gasteiger partial charge on any atom is 0.0712 e. The Kier molecular flexibility index (Phi) is 1.65. The minimum Gasteiger partial charge on any atom is -0.145 e. The molecule has 0 unspecified atom stereocenters. The summed E-state index contributed by atoms with van der Waals surface area (Å²) in [6.07, 6.45) is 2.60. The van der Waals surface area contributed by atoms with E-state index in [0.717, 1.165) is 6.42 Å². The van der Waals surface area contributed by atoms with Crippen molar-refractivity contribution >= 4 is 0 Å². The predicted molar refractivity (Wildman–Crippen MR) is 36.8 cm³/mol. The number of nitrogens with zero attached hydrogens (tertiary/aromatic N) is 1. The molecule has 1 fully saturated rings. The fraction of sp³-hybridized carbons (Fsp3) is 0.714. The van der Waals surface area contributed by atoms with Crippen LogP contribution in [-0.2, 0) is 0 Å². The molecule has 0 aliphatic heterocycles. The molecule has 0 heterocycles.